The van der Waals surface area contributed by atoms with E-state index in [0.717, 1.165) is 45.6 Å². The van der Waals surface area contributed by atoms with E-state index in [0.29, 0.717) is 0 Å². The van der Waals surface area contributed by atoms with E-state index in [4.69, 9.17) is 24.8 Å². The molecule has 0 amide bonds. The highest BCUT2D eigenvalue weighted by molar-refractivity contribution is 7.09. The van der Waals surface area contributed by atoms with Gasteiger partial charge in [0.1, 0.15) is 5.82 Å². The number of carboxylic acid groups (broad SMARTS) is 2. The van der Waals surface area contributed by atoms with Crippen molar-refractivity contribution >= 4 is 23.3 Å². The number of benzene rings is 1. The van der Waals surface area contributed by atoms with Crippen molar-refractivity contribution in [1.82, 2.24) is 19.4 Å². The molecule has 0 radical (unpaired) electrons. The summed E-state index contributed by atoms with van der Waals surface area (Å²) < 4.78 is 66.0. The Kier molecular flexibility index (Phi) is 10.4. The molecule has 0 saturated carbocycles. The highest BCUT2D eigenvalue weighted by Crippen LogP contribution is 2.41. The lowest BCUT2D eigenvalue weighted by Gasteiger charge is -2.49. The van der Waals surface area contributed by atoms with Gasteiger partial charge in [0.2, 0.25) is 0 Å². The molecule has 1 saturated heterocycles. The number of aryl methyl sites for hydroxylation is 1. The zero-order valence-electron chi connectivity index (χ0n) is 22.7. The number of fused-ring (bicyclic) bond motifs is 2. The van der Waals surface area contributed by atoms with Crippen LogP contribution in [0.5, 0.6) is 0 Å². The Bertz CT molecular complexity index is 1310. The van der Waals surface area contributed by atoms with Crippen molar-refractivity contribution in [2.24, 2.45) is 0 Å². The maximum Gasteiger partial charge on any atom is 0.490 e. The molecule has 0 bridgehead atoms. The molecule has 8 nitrogen and oxygen atoms in total. The predicted molar refractivity (Wildman–Crippen MR) is 143 cm³/mol. The Hall–Kier alpha value is -3.43. The van der Waals surface area contributed by atoms with E-state index in [1.165, 1.54) is 27.5 Å². The van der Waals surface area contributed by atoms with Gasteiger partial charge in [0, 0.05) is 37.6 Å². The summed E-state index contributed by atoms with van der Waals surface area (Å²) in [6, 6.07) is 13.3. The van der Waals surface area contributed by atoms with E-state index >= 15 is 0 Å². The number of nitrogens with zero attached hydrogens (tertiary/aromatic N) is 4. The van der Waals surface area contributed by atoms with Gasteiger partial charge in [-0.15, -0.1) is 11.3 Å². The minimum atomic E-state index is -5.08. The van der Waals surface area contributed by atoms with Crippen LogP contribution in [-0.4, -0.2) is 80.5 Å². The maximum absolute atomic E-state index is 10.6. The van der Waals surface area contributed by atoms with Crippen molar-refractivity contribution in [3.8, 4) is 11.3 Å². The van der Waals surface area contributed by atoms with Crippen LogP contribution in [0.25, 0.3) is 11.3 Å². The van der Waals surface area contributed by atoms with E-state index in [1.807, 2.05) is 11.3 Å². The molecular formula is C27H30F6N4O4S. The van der Waals surface area contributed by atoms with Crippen LogP contribution in [0.2, 0.25) is 0 Å². The van der Waals surface area contributed by atoms with Gasteiger partial charge in [-0.25, -0.2) is 14.6 Å². The summed E-state index contributed by atoms with van der Waals surface area (Å²) in [6.07, 6.45) is -5.77. The fourth-order valence-corrected chi connectivity index (χ4v) is 5.62. The quantitative estimate of drug-likeness (QED) is 0.367. The van der Waals surface area contributed by atoms with Crippen molar-refractivity contribution < 1.29 is 46.1 Å². The first-order valence-electron chi connectivity index (χ1n) is 12.7. The summed E-state index contributed by atoms with van der Waals surface area (Å²) in [5.41, 5.74) is 3.92. The molecule has 2 N–H and O–H groups in total. The summed E-state index contributed by atoms with van der Waals surface area (Å²) in [5, 5.41) is 16.4. The fourth-order valence-electron chi connectivity index (χ4n) is 4.87. The summed E-state index contributed by atoms with van der Waals surface area (Å²) in [6.45, 7) is 7.61. The second-order valence-electron chi connectivity index (χ2n) is 9.90. The minimum Gasteiger partial charge on any atom is -0.475 e. The number of likely N-dealkylation sites (N-methyl/N-ethyl adjacent to an activating group) is 1. The van der Waals surface area contributed by atoms with E-state index in [2.05, 4.69) is 76.3 Å². The number of aromatic nitrogens is 2. The number of thiophene rings is 1. The molecular weight excluding hydrogens is 590 g/mol. The first-order chi connectivity index (χ1) is 19.5. The fraction of sp³-hybridized carbons (Fsp3) is 0.444. The lowest BCUT2D eigenvalue weighted by Crippen LogP contribution is -2.56. The zero-order chi connectivity index (χ0) is 31.3. The molecule has 3 aromatic rings. The topological polar surface area (TPSA) is 98.9 Å². The molecule has 5 rings (SSSR count). The average molecular weight is 621 g/mol. The van der Waals surface area contributed by atoms with Crippen LogP contribution in [0, 0.1) is 6.92 Å². The Morgan fingerprint density at radius 1 is 0.929 bits per heavy atom. The number of alkyl halides is 6. The van der Waals surface area contributed by atoms with Gasteiger partial charge < -0.3 is 14.8 Å². The van der Waals surface area contributed by atoms with Gasteiger partial charge >= 0.3 is 24.3 Å². The van der Waals surface area contributed by atoms with Gasteiger partial charge in [-0.1, -0.05) is 35.9 Å². The van der Waals surface area contributed by atoms with Crippen LogP contribution in [0.3, 0.4) is 0 Å². The van der Waals surface area contributed by atoms with E-state index < -0.39 is 24.3 Å². The summed E-state index contributed by atoms with van der Waals surface area (Å²) in [4.78, 5) is 29.4. The third kappa shape index (κ3) is 8.10. The number of imidazole rings is 1. The lowest BCUT2D eigenvalue weighted by atomic mass is 9.83. The predicted octanol–water partition coefficient (Wildman–Crippen LogP) is 5.62. The molecule has 1 fully saturated rings. The highest BCUT2D eigenvalue weighted by atomic mass is 32.1. The molecule has 1 spiro atoms. The highest BCUT2D eigenvalue weighted by Gasteiger charge is 2.45. The second-order valence-corrected chi connectivity index (χ2v) is 10.9. The first kappa shape index (κ1) is 33.1. The zero-order valence-corrected chi connectivity index (χ0v) is 23.6. The SMILES string of the molecule is Cc1ccc(-c2cnc3n2CCN(C)C32CCN(Cc3cccs3)CC2)cc1.O=C(O)C(F)(F)F.O=C(O)C(F)(F)F. The Labute approximate surface area is 241 Å². The van der Waals surface area contributed by atoms with Crippen LogP contribution >= 0.6 is 11.3 Å². The van der Waals surface area contributed by atoms with Crippen molar-refractivity contribution in [2.75, 3.05) is 26.7 Å². The van der Waals surface area contributed by atoms with Gasteiger partial charge in [-0.3, -0.25) is 9.80 Å². The van der Waals surface area contributed by atoms with Gasteiger partial charge in [0.15, 0.2) is 0 Å². The van der Waals surface area contributed by atoms with Gasteiger partial charge in [0.05, 0.1) is 17.4 Å². The molecule has 0 unspecified atom stereocenters. The monoisotopic (exact) mass is 620 g/mol. The number of hydrogen-bond acceptors (Lipinski definition) is 6. The van der Waals surface area contributed by atoms with Crippen molar-refractivity contribution in [2.45, 2.75) is 50.7 Å². The number of rotatable bonds is 3. The smallest absolute Gasteiger partial charge is 0.475 e. The number of halogens is 6. The van der Waals surface area contributed by atoms with Crippen LogP contribution in [0.15, 0.2) is 48.0 Å². The molecule has 0 atom stereocenters. The van der Waals surface area contributed by atoms with Crippen LogP contribution in [0.4, 0.5) is 26.3 Å². The number of carboxylic acids is 2. The van der Waals surface area contributed by atoms with Gasteiger partial charge in [-0.05, 0) is 43.8 Å². The number of aliphatic carboxylic acids is 2. The third-order valence-corrected chi connectivity index (χ3v) is 8.00. The summed E-state index contributed by atoms with van der Waals surface area (Å²) in [5.74, 6) is -4.24. The van der Waals surface area contributed by atoms with Crippen molar-refractivity contribution in [3.05, 3.63) is 64.2 Å². The van der Waals surface area contributed by atoms with Crippen molar-refractivity contribution in [1.29, 1.82) is 0 Å². The largest absolute Gasteiger partial charge is 0.490 e. The number of likely N-dealkylation sites (tertiary alicyclic amines) is 1. The van der Waals surface area contributed by atoms with Crippen LogP contribution in [-0.2, 0) is 28.2 Å². The minimum absolute atomic E-state index is 0.0765. The normalized spacial score (nSPS) is 17.0. The number of hydrogen-bond donors (Lipinski definition) is 2. The molecule has 2 aliphatic rings. The molecule has 42 heavy (non-hydrogen) atoms. The third-order valence-electron chi connectivity index (χ3n) is 7.14. The van der Waals surface area contributed by atoms with Crippen molar-refractivity contribution in [3.63, 3.8) is 0 Å². The van der Waals surface area contributed by atoms with Crippen LogP contribution < -0.4 is 0 Å². The maximum atomic E-state index is 10.6. The average Bonchev–Trinajstić information content (AvgIpc) is 3.58. The molecule has 15 heteroatoms. The lowest BCUT2D eigenvalue weighted by molar-refractivity contribution is -0.193. The van der Waals surface area contributed by atoms with Crippen LogP contribution in [0.1, 0.15) is 29.1 Å². The molecule has 2 aliphatic heterocycles. The Morgan fingerprint density at radius 2 is 1.48 bits per heavy atom. The first-order valence-corrected chi connectivity index (χ1v) is 13.6. The summed E-state index contributed by atoms with van der Waals surface area (Å²) in [7, 11) is 2.29. The Balaban J connectivity index is 0.000000289. The number of piperidine rings is 1. The molecule has 230 valence electrons. The molecule has 2 aromatic heterocycles. The van der Waals surface area contributed by atoms with E-state index in [-0.39, 0.29) is 5.54 Å². The Morgan fingerprint density at radius 3 is 1.95 bits per heavy atom. The molecule has 4 heterocycles. The van der Waals surface area contributed by atoms with E-state index in [1.54, 1.807) is 0 Å². The van der Waals surface area contributed by atoms with Gasteiger partial charge in [0.25, 0.3) is 0 Å². The molecule has 0 aliphatic carbocycles. The summed E-state index contributed by atoms with van der Waals surface area (Å²) >= 11 is 1.87. The van der Waals surface area contributed by atoms with E-state index in [9.17, 15) is 26.3 Å². The molecule has 1 aromatic carbocycles. The number of carbonyl (C=O) groups is 2. The van der Waals surface area contributed by atoms with Gasteiger partial charge in [-0.2, -0.15) is 26.3 Å². The second kappa shape index (κ2) is 13.3. The standard InChI is InChI=1S/C23H28N4S.2C2HF3O2/c1-18-5-7-19(8-6-18)21-16-24-22-23(25(2)13-14-27(21)22)9-11-26(12-10-23)17-20-4-3-15-28-20;2*3-2(4,5)1(6)7/h3-8,15-16H,9-14,17H2,1-2H3;2*(H,6,7).